The summed E-state index contributed by atoms with van der Waals surface area (Å²) in [6.45, 7) is -0.545. The lowest BCUT2D eigenvalue weighted by Crippen LogP contribution is -2.29. The lowest BCUT2D eigenvalue weighted by atomic mass is 10.2. The van der Waals surface area contributed by atoms with Crippen molar-refractivity contribution in [3.05, 3.63) is 59.1 Å². The van der Waals surface area contributed by atoms with Crippen molar-refractivity contribution in [2.24, 2.45) is 5.10 Å². The van der Waals surface area contributed by atoms with E-state index >= 15 is 0 Å². The topological polar surface area (TPSA) is 108 Å². The molecule has 0 aliphatic heterocycles. The molecule has 8 nitrogen and oxygen atoms in total. The highest BCUT2D eigenvalue weighted by molar-refractivity contribution is 7.71. The Bertz CT molecular complexity index is 965. The van der Waals surface area contributed by atoms with Crippen molar-refractivity contribution in [3.63, 3.8) is 0 Å². The van der Waals surface area contributed by atoms with E-state index in [1.54, 1.807) is 42.7 Å². The summed E-state index contributed by atoms with van der Waals surface area (Å²) in [5.41, 5.74) is 1.33. The Morgan fingerprint density at radius 2 is 2.20 bits per heavy atom. The lowest BCUT2D eigenvalue weighted by Gasteiger charge is -2.09. The SMILES string of the molecule is O=C([O-])COc1ccccc1/C=N\n1c(-c2cccnc2)n[nH]c1=S. The van der Waals surface area contributed by atoms with Crippen molar-refractivity contribution in [2.75, 3.05) is 6.61 Å². The fourth-order valence-corrected chi connectivity index (χ4v) is 2.24. The third kappa shape index (κ3) is 3.96. The van der Waals surface area contributed by atoms with Crippen LogP contribution in [-0.2, 0) is 4.79 Å². The first kappa shape index (κ1) is 16.5. The second-order valence-corrected chi connectivity index (χ2v) is 5.24. The normalized spacial score (nSPS) is 10.9. The maximum Gasteiger partial charge on any atom is 0.216 e. The summed E-state index contributed by atoms with van der Waals surface area (Å²) in [7, 11) is 0. The number of para-hydroxylation sites is 1. The van der Waals surface area contributed by atoms with Crippen LogP contribution in [0.15, 0.2) is 53.9 Å². The predicted molar refractivity (Wildman–Crippen MR) is 90.6 cm³/mol. The van der Waals surface area contributed by atoms with Crippen molar-refractivity contribution in [1.29, 1.82) is 0 Å². The molecular weight excluding hydrogens is 342 g/mol. The number of carboxylic acid groups (broad SMARTS) is 1. The zero-order chi connectivity index (χ0) is 17.6. The Morgan fingerprint density at radius 1 is 1.36 bits per heavy atom. The number of hydrogen-bond acceptors (Lipinski definition) is 7. The number of aromatic nitrogens is 4. The number of nitrogens with zero attached hydrogens (tertiary/aromatic N) is 4. The van der Waals surface area contributed by atoms with Gasteiger partial charge in [-0.3, -0.25) is 4.98 Å². The molecule has 0 saturated heterocycles. The standard InChI is InChI=1S/C16H13N5O3S/c22-14(23)10-24-13-6-2-1-4-11(13)9-18-21-15(19-20-16(21)25)12-5-3-7-17-8-12/h1-9H,10H2,(H,20,25)(H,22,23)/p-1/b18-9-. The number of nitrogens with one attached hydrogen (secondary N) is 1. The van der Waals surface area contributed by atoms with Gasteiger partial charge in [-0.25, -0.2) is 5.10 Å². The van der Waals surface area contributed by atoms with Crippen LogP contribution in [-0.4, -0.2) is 38.6 Å². The van der Waals surface area contributed by atoms with E-state index in [-0.39, 0.29) is 0 Å². The van der Waals surface area contributed by atoms with Crippen molar-refractivity contribution in [2.45, 2.75) is 0 Å². The zero-order valence-corrected chi connectivity index (χ0v) is 13.6. The van der Waals surface area contributed by atoms with E-state index in [2.05, 4.69) is 20.3 Å². The average molecular weight is 354 g/mol. The van der Waals surface area contributed by atoms with E-state index in [4.69, 9.17) is 17.0 Å². The molecule has 1 N–H and O–H groups in total. The largest absolute Gasteiger partial charge is 0.546 e. The number of carbonyl (C=O) groups excluding carboxylic acids is 1. The van der Waals surface area contributed by atoms with Crippen LogP contribution in [0.5, 0.6) is 5.75 Å². The smallest absolute Gasteiger partial charge is 0.216 e. The molecule has 0 atom stereocenters. The number of pyridine rings is 1. The molecule has 9 heteroatoms. The number of ether oxygens (including phenoxy) is 1. The first-order chi connectivity index (χ1) is 12.1. The highest BCUT2D eigenvalue weighted by Crippen LogP contribution is 2.18. The molecule has 0 fully saturated rings. The monoisotopic (exact) mass is 354 g/mol. The minimum Gasteiger partial charge on any atom is -0.546 e. The van der Waals surface area contributed by atoms with Gasteiger partial charge in [0, 0.05) is 23.5 Å². The van der Waals surface area contributed by atoms with Gasteiger partial charge in [0.25, 0.3) is 0 Å². The highest BCUT2D eigenvalue weighted by Gasteiger charge is 2.08. The van der Waals surface area contributed by atoms with Crippen molar-refractivity contribution < 1.29 is 14.6 Å². The van der Waals surface area contributed by atoms with Crippen LogP contribution in [0.3, 0.4) is 0 Å². The molecule has 3 aromatic rings. The number of aliphatic carboxylic acids is 1. The van der Waals surface area contributed by atoms with E-state index in [1.807, 2.05) is 6.07 Å². The number of carbonyl (C=O) groups is 1. The summed E-state index contributed by atoms with van der Waals surface area (Å²) in [4.78, 5) is 14.6. The van der Waals surface area contributed by atoms with E-state index in [0.29, 0.717) is 21.9 Å². The Morgan fingerprint density at radius 3 is 2.96 bits per heavy atom. The molecule has 0 aliphatic carbocycles. The Labute approximate surface area is 147 Å². The molecule has 25 heavy (non-hydrogen) atoms. The number of carboxylic acids is 1. The van der Waals surface area contributed by atoms with Gasteiger partial charge in [0.15, 0.2) is 5.82 Å². The molecule has 0 aliphatic rings. The molecule has 2 aromatic heterocycles. The van der Waals surface area contributed by atoms with Gasteiger partial charge in [0.05, 0.1) is 12.2 Å². The molecule has 2 heterocycles. The van der Waals surface area contributed by atoms with Crippen molar-refractivity contribution in [3.8, 4) is 17.1 Å². The third-order valence-electron chi connectivity index (χ3n) is 3.15. The fourth-order valence-electron chi connectivity index (χ4n) is 2.06. The molecule has 0 spiro atoms. The molecule has 1 aromatic carbocycles. The van der Waals surface area contributed by atoms with Gasteiger partial charge in [-0.05, 0) is 36.5 Å². The van der Waals surface area contributed by atoms with Crippen molar-refractivity contribution >= 4 is 24.4 Å². The molecule has 0 saturated carbocycles. The highest BCUT2D eigenvalue weighted by atomic mass is 32.1. The molecule has 126 valence electrons. The minimum absolute atomic E-state index is 0.309. The average Bonchev–Trinajstić information content (AvgIpc) is 3.00. The van der Waals surface area contributed by atoms with Crippen LogP contribution in [0.4, 0.5) is 0 Å². The van der Waals surface area contributed by atoms with Gasteiger partial charge in [-0.1, -0.05) is 12.1 Å². The van der Waals surface area contributed by atoms with E-state index in [0.717, 1.165) is 5.56 Å². The van der Waals surface area contributed by atoms with Crippen LogP contribution < -0.4 is 9.84 Å². The van der Waals surface area contributed by atoms with Gasteiger partial charge in [-0.2, -0.15) is 14.9 Å². The summed E-state index contributed by atoms with van der Waals surface area (Å²) in [5.74, 6) is -0.432. The number of benzene rings is 1. The van der Waals surface area contributed by atoms with Crippen LogP contribution in [0, 0.1) is 4.77 Å². The van der Waals surface area contributed by atoms with Gasteiger partial charge in [0.2, 0.25) is 4.77 Å². The van der Waals surface area contributed by atoms with Crippen LogP contribution in [0.25, 0.3) is 11.4 Å². The number of rotatable bonds is 6. The fraction of sp³-hybridized carbons (Fsp3) is 0.0625. The molecule has 0 radical (unpaired) electrons. The lowest BCUT2D eigenvalue weighted by molar-refractivity contribution is -0.307. The van der Waals surface area contributed by atoms with Crippen molar-refractivity contribution in [1.82, 2.24) is 19.9 Å². The molecule has 0 amide bonds. The molecule has 3 rings (SSSR count). The number of H-pyrrole nitrogens is 1. The molecule has 0 bridgehead atoms. The second-order valence-electron chi connectivity index (χ2n) is 4.85. The maximum atomic E-state index is 10.6. The first-order valence-electron chi connectivity index (χ1n) is 7.19. The molecular formula is C16H12N5O3S-. The van der Waals surface area contributed by atoms with E-state index in [1.165, 1.54) is 10.9 Å². The van der Waals surface area contributed by atoms with Gasteiger partial charge in [0.1, 0.15) is 12.4 Å². The predicted octanol–water partition coefficient (Wildman–Crippen LogP) is 1.01. The Hall–Kier alpha value is -3.33. The van der Waals surface area contributed by atoms with Crippen LogP contribution in [0.1, 0.15) is 5.56 Å². The van der Waals surface area contributed by atoms with E-state index in [9.17, 15) is 9.90 Å². The Kier molecular flexibility index (Phi) is 4.95. The number of hydrogen-bond donors (Lipinski definition) is 1. The quantitative estimate of drug-likeness (QED) is 0.523. The summed E-state index contributed by atoms with van der Waals surface area (Å²) in [5, 5.41) is 21.7. The van der Waals surface area contributed by atoms with Gasteiger partial charge < -0.3 is 14.6 Å². The van der Waals surface area contributed by atoms with E-state index < -0.39 is 12.6 Å². The summed E-state index contributed by atoms with van der Waals surface area (Å²) in [6.07, 6.45) is 4.81. The van der Waals surface area contributed by atoms with Crippen LogP contribution >= 0.6 is 12.2 Å². The Balaban J connectivity index is 1.93. The first-order valence-corrected chi connectivity index (χ1v) is 7.60. The third-order valence-corrected chi connectivity index (χ3v) is 3.41. The maximum absolute atomic E-state index is 10.6. The molecule has 0 unspecified atom stereocenters. The van der Waals surface area contributed by atoms with Gasteiger partial charge in [-0.15, -0.1) is 0 Å². The summed E-state index contributed by atoms with van der Waals surface area (Å²) >= 11 is 5.20. The van der Waals surface area contributed by atoms with Gasteiger partial charge >= 0.3 is 0 Å². The minimum atomic E-state index is -1.30. The summed E-state index contributed by atoms with van der Waals surface area (Å²) in [6, 6.07) is 10.5. The second kappa shape index (κ2) is 7.49. The number of aromatic amines is 1. The van der Waals surface area contributed by atoms with Crippen LogP contribution in [0.2, 0.25) is 0 Å². The zero-order valence-electron chi connectivity index (χ0n) is 12.8. The summed E-state index contributed by atoms with van der Waals surface area (Å²) < 4.78 is 6.95.